The van der Waals surface area contributed by atoms with Gasteiger partial charge in [-0.25, -0.2) is 0 Å². The van der Waals surface area contributed by atoms with Crippen LogP contribution in [0.4, 0.5) is 0 Å². The minimum Gasteiger partial charge on any atom is -0.343 e. The molecular formula is C27H24N3O2P. The molecule has 1 aliphatic rings. The second-order valence-corrected chi connectivity index (χ2v) is 8.84. The summed E-state index contributed by atoms with van der Waals surface area (Å²) in [7, 11) is 0.501. The molecule has 0 bridgehead atoms. The minimum absolute atomic E-state index is 0.171. The molecule has 1 aliphatic heterocycles. The number of hydrogen-bond acceptors (Lipinski definition) is 2. The van der Waals surface area contributed by atoms with Crippen molar-refractivity contribution in [1.82, 2.24) is 13.8 Å². The Bertz CT molecular complexity index is 1490. The molecule has 0 N–H and O–H groups in total. The van der Waals surface area contributed by atoms with Crippen LogP contribution in [-0.2, 0) is 16.1 Å². The number of fused-ring (bicyclic) bond motifs is 2. The van der Waals surface area contributed by atoms with Crippen molar-refractivity contribution >= 4 is 53.5 Å². The lowest BCUT2D eigenvalue weighted by molar-refractivity contribution is -0.135. The first kappa shape index (κ1) is 21.2. The Morgan fingerprint density at radius 1 is 0.788 bits per heavy atom. The normalized spacial score (nSPS) is 14.5. The van der Waals surface area contributed by atoms with Gasteiger partial charge in [-0.1, -0.05) is 48.6 Å². The van der Waals surface area contributed by atoms with Gasteiger partial charge in [-0.15, -0.1) is 13.2 Å². The summed E-state index contributed by atoms with van der Waals surface area (Å²) in [6.07, 6.45) is 7.38. The number of nitrogens with zero attached hydrogens (tertiary/aromatic N) is 3. The summed E-state index contributed by atoms with van der Waals surface area (Å²) < 4.78 is 4.21. The third-order valence-electron chi connectivity index (χ3n) is 6.09. The van der Waals surface area contributed by atoms with Crippen molar-refractivity contribution in [2.45, 2.75) is 6.54 Å². The van der Waals surface area contributed by atoms with E-state index in [4.69, 9.17) is 0 Å². The summed E-state index contributed by atoms with van der Waals surface area (Å²) in [4.78, 5) is 28.6. The van der Waals surface area contributed by atoms with Crippen LogP contribution in [0.2, 0.25) is 0 Å². The average molecular weight is 453 g/mol. The maximum atomic E-state index is 13.7. The van der Waals surface area contributed by atoms with E-state index in [1.807, 2.05) is 67.0 Å². The number of hydrogen-bond donors (Lipinski definition) is 0. The predicted octanol–water partition coefficient (Wildman–Crippen LogP) is 5.32. The fourth-order valence-corrected chi connectivity index (χ4v) is 5.36. The third-order valence-corrected chi connectivity index (χ3v) is 6.94. The first-order valence-corrected chi connectivity index (χ1v) is 12.2. The van der Waals surface area contributed by atoms with Crippen molar-refractivity contribution in [3.8, 4) is 0 Å². The molecule has 2 aromatic heterocycles. The summed E-state index contributed by atoms with van der Waals surface area (Å²) in [5.74, 6) is -0.565. The SMILES string of the molecule is C=CCN1C(=O)C(c2cn(CC=C)c3ccccc23)=C(c2cn(PC)c3ccccc23)C1=O. The molecule has 5 rings (SSSR count). The highest BCUT2D eigenvalue weighted by Gasteiger charge is 2.41. The molecule has 0 aliphatic carbocycles. The Balaban J connectivity index is 1.86. The van der Waals surface area contributed by atoms with Crippen LogP contribution in [0.15, 0.2) is 86.2 Å². The number of para-hydroxylation sites is 2. The quantitative estimate of drug-likeness (QED) is 0.216. The largest absolute Gasteiger partial charge is 0.343 e. The molecule has 6 heteroatoms. The number of benzene rings is 2. The Hall–Kier alpha value is -3.69. The van der Waals surface area contributed by atoms with Crippen molar-refractivity contribution in [2.75, 3.05) is 13.2 Å². The van der Waals surface area contributed by atoms with E-state index >= 15 is 0 Å². The van der Waals surface area contributed by atoms with Gasteiger partial charge >= 0.3 is 0 Å². The Kier molecular flexibility index (Phi) is 5.35. The predicted molar refractivity (Wildman–Crippen MR) is 137 cm³/mol. The van der Waals surface area contributed by atoms with Gasteiger partial charge in [-0.2, -0.15) is 0 Å². The number of aromatic nitrogens is 2. The lowest BCUT2D eigenvalue weighted by Crippen LogP contribution is -2.31. The second kappa shape index (κ2) is 8.34. The van der Waals surface area contributed by atoms with Crippen LogP contribution in [-0.4, -0.2) is 38.8 Å². The van der Waals surface area contributed by atoms with E-state index < -0.39 is 0 Å². The van der Waals surface area contributed by atoms with Crippen LogP contribution in [0.25, 0.3) is 33.0 Å². The third kappa shape index (κ3) is 3.20. The summed E-state index contributed by atoms with van der Waals surface area (Å²) in [5, 5.41) is 1.91. The number of allylic oxidation sites excluding steroid dienone is 1. The number of amides is 2. The molecule has 2 aromatic carbocycles. The summed E-state index contributed by atoms with van der Waals surface area (Å²) in [6, 6.07) is 16.0. The fraction of sp³-hybridized carbons (Fsp3) is 0.111. The standard InChI is InChI=1S/C27H24N3O2P/c1-4-14-28-16-20(18-10-6-8-12-22(18)28)24-25(27(32)29(15-5-2)26(24)31)21-17-30(33-3)23-13-9-7-11-19(21)23/h4-13,16-17,33H,1-2,14-15H2,3H3. The van der Waals surface area contributed by atoms with Crippen LogP contribution >= 0.6 is 8.73 Å². The zero-order valence-electron chi connectivity index (χ0n) is 18.4. The lowest BCUT2D eigenvalue weighted by Gasteiger charge is -2.12. The van der Waals surface area contributed by atoms with Gasteiger partial charge in [0.2, 0.25) is 0 Å². The number of imide groups is 1. The molecule has 1 atom stereocenters. The highest BCUT2D eigenvalue weighted by atomic mass is 31.1. The van der Waals surface area contributed by atoms with Gasteiger partial charge < -0.3 is 8.90 Å². The molecule has 0 saturated carbocycles. The molecule has 0 spiro atoms. The first-order chi connectivity index (χ1) is 16.1. The van der Waals surface area contributed by atoms with Crippen molar-refractivity contribution in [3.63, 3.8) is 0 Å². The van der Waals surface area contributed by atoms with E-state index in [9.17, 15) is 9.59 Å². The molecule has 2 amide bonds. The van der Waals surface area contributed by atoms with Crippen molar-refractivity contribution < 1.29 is 9.59 Å². The molecule has 33 heavy (non-hydrogen) atoms. The van der Waals surface area contributed by atoms with E-state index in [0.29, 0.717) is 26.4 Å². The van der Waals surface area contributed by atoms with E-state index in [2.05, 4.69) is 28.7 Å². The van der Waals surface area contributed by atoms with Gasteiger partial charge in [0.05, 0.1) is 16.7 Å². The zero-order valence-corrected chi connectivity index (χ0v) is 19.4. The van der Waals surface area contributed by atoms with Gasteiger partial charge in [0.15, 0.2) is 0 Å². The Morgan fingerprint density at radius 3 is 1.94 bits per heavy atom. The first-order valence-electron chi connectivity index (χ1n) is 10.8. The van der Waals surface area contributed by atoms with Gasteiger partial charge in [-0.3, -0.25) is 14.5 Å². The average Bonchev–Trinajstić information content (AvgIpc) is 3.46. The van der Waals surface area contributed by atoms with Crippen LogP contribution in [0.1, 0.15) is 11.1 Å². The molecule has 164 valence electrons. The summed E-state index contributed by atoms with van der Waals surface area (Å²) >= 11 is 0. The fourth-order valence-electron chi connectivity index (χ4n) is 4.67. The van der Waals surface area contributed by atoms with Crippen LogP contribution < -0.4 is 0 Å². The minimum atomic E-state index is -0.285. The Morgan fingerprint density at radius 2 is 1.33 bits per heavy atom. The van der Waals surface area contributed by atoms with Crippen molar-refractivity contribution in [2.24, 2.45) is 0 Å². The van der Waals surface area contributed by atoms with Crippen LogP contribution in [0.5, 0.6) is 0 Å². The van der Waals surface area contributed by atoms with Crippen molar-refractivity contribution in [3.05, 3.63) is 97.4 Å². The molecular weight excluding hydrogens is 429 g/mol. The monoisotopic (exact) mass is 453 g/mol. The van der Waals surface area contributed by atoms with E-state index in [1.54, 1.807) is 6.08 Å². The number of carbonyl (C=O) groups is 2. The molecule has 0 saturated heterocycles. The van der Waals surface area contributed by atoms with Crippen LogP contribution in [0, 0.1) is 0 Å². The van der Waals surface area contributed by atoms with Gasteiger partial charge in [-0.05, 0) is 27.5 Å². The van der Waals surface area contributed by atoms with Gasteiger partial charge in [0.25, 0.3) is 11.8 Å². The second-order valence-electron chi connectivity index (χ2n) is 7.91. The molecule has 4 aromatic rings. The maximum absolute atomic E-state index is 13.7. The van der Waals surface area contributed by atoms with E-state index in [-0.39, 0.29) is 18.4 Å². The van der Waals surface area contributed by atoms with Gasteiger partial charge in [0.1, 0.15) is 0 Å². The molecule has 5 nitrogen and oxygen atoms in total. The number of rotatable bonds is 7. The zero-order chi connectivity index (χ0) is 23.1. The number of carbonyl (C=O) groups excluding carboxylic acids is 2. The molecule has 3 heterocycles. The molecule has 1 unspecified atom stereocenters. The highest BCUT2D eigenvalue weighted by molar-refractivity contribution is 7.35. The smallest absolute Gasteiger partial charge is 0.262 e. The maximum Gasteiger partial charge on any atom is 0.262 e. The van der Waals surface area contributed by atoms with E-state index in [0.717, 1.165) is 32.9 Å². The molecule has 0 radical (unpaired) electrons. The summed E-state index contributed by atoms with van der Waals surface area (Å²) in [5.41, 5.74) is 4.51. The molecule has 0 fully saturated rings. The van der Waals surface area contributed by atoms with Crippen LogP contribution in [0.3, 0.4) is 0 Å². The topological polar surface area (TPSA) is 47.2 Å². The summed E-state index contributed by atoms with van der Waals surface area (Å²) in [6.45, 7) is 10.5. The van der Waals surface area contributed by atoms with E-state index in [1.165, 1.54) is 4.90 Å². The van der Waals surface area contributed by atoms with Crippen molar-refractivity contribution in [1.29, 1.82) is 0 Å². The Labute approximate surface area is 194 Å². The van der Waals surface area contributed by atoms with Gasteiger partial charge in [0, 0.05) is 52.9 Å². The lowest BCUT2D eigenvalue weighted by atomic mass is 9.95. The highest BCUT2D eigenvalue weighted by Crippen LogP contribution is 2.42.